The Hall–Kier alpha value is -1.78. The summed E-state index contributed by atoms with van der Waals surface area (Å²) in [5.74, 6) is 0.262. The standard InChI is InChI=1S/C10H13NO4/c1-2-7-3-4-9(15-7)8(11-6-12)5-10(13)14/h3-4,6,8H,2,5H2,1H3,(H,11,12)(H,13,14)/t8-/m1/s1. The van der Waals surface area contributed by atoms with E-state index in [4.69, 9.17) is 9.52 Å². The zero-order valence-electron chi connectivity index (χ0n) is 8.40. The van der Waals surface area contributed by atoms with Gasteiger partial charge in [-0.05, 0) is 12.1 Å². The molecule has 1 atom stereocenters. The topological polar surface area (TPSA) is 79.5 Å². The van der Waals surface area contributed by atoms with Crippen molar-refractivity contribution in [3.63, 3.8) is 0 Å². The number of furan rings is 1. The second-order valence-electron chi connectivity index (χ2n) is 3.09. The van der Waals surface area contributed by atoms with Gasteiger partial charge >= 0.3 is 5.97 Å². The minimum absolute atomic E-state index is 0.185. The average Bonchev–Trinajstić information content (AvgIpc) is 2.64. The van der Waals surface area contributed by atoms with Crippen LogP contribution in [0.25, 0.3) is 0 Å². The maximum absolute atomic E-state index is 10.5. The third-order valence-corrected chi connectivity index (χ3v) is 2.02. The van der Waals surface area contributed by atoms with Gasteiger partial charge in [-0.3, -0.25) is 9.59 Å². The molecule has 0 saturated heterocycles. The Labute approximate surface area is 87.1 Å². The molecule has 5 heteroatoms. The third-order valence-electron chi connectivity index (χ3n) is 2.02. The molecular formula is C10H13NO4. The lowest BCUT2D eigenvalue weighted by Gasteiger charge is -2.10. The molecule has 0 aliphatic heterocycles. The fourth-order valence-corrected chi connectivity index (χ4v) is 1.27. The van der Waals surface area contributed by atoms with Crippen molar-refractivity contribution in [1.29, 1.82) is 0 Å². The average molecular weight is 211 g/mol. The first-order valence-electron chi connectivity index (χ1n) is 4.67. The Morgan fingerprint density at radius 3 is 2.87 bits per heavy atom. The van der Waals surface area contributed by atoms with Crippen LogP contribution in [0, 0.1) is 0 Å². The predicted molar refractivity (Wildman–Crippen MR) is 52.3 cm³/mol. The Kier molecular flexibility index (Phi) is 3.91. The zero-order valence-corrected chi connectivity index (χ0v) is 8.40. The van der Waals surface area contributed by atoms with E-state index in [1.54, 1.807) is 12.1 Å². The van der Waals surface area contributed by atoms with Crippen molar-refractivity contribution in [1.82, 2.24) is 5.32 Å². The third kappa shape index (κ3) is 3.12. The van der Waals surface area contributed by atoms with E-state index in [9.17, 15) is 9.59 Å². The molecule has 0 aromatic carbocycles. The molecule has 0 aliphatic carbocycles. The van der Waals surface area contributed by atoms with Crippen molar-refractivity contribution in [2.75, 3.05) is 0 Å². The Morgan fingerprint density at radius 1 is 1.67 bits per heavy atom. The van der Waals surface area contributed by atoms with Gasteiger partial charge in [0.05, 0.1) is 12.5 Å². The fourth-order valence-electron chi connectivity index (χ4n) is 1.27. The first-order chi connectivity index (χ1) is 7.17. The van der Waals surface area contributed by atoms with Gasteiger partial charge in [-0.2, -0.15) is 0 Å². The highest BCUT2D eigenvalue weighted by atomic mass is 16.4. The van der Waals surface area contributed by atoms with Gasteiger partial charge < -0.3 is 14.8 Å². The molecule has 2 N–H and O–H groups in total. The molecule has 0 radical (unpaired) electrons. The number of carbonyl (C=O) groups is 2. The summed E-state index contributed by atoms with van der Waals surface area (Å²) in [4.78, 5) is 20.8. The molecule has 82 valence electrons. The van der Waals surface area contributed by atoms with Gasteiger partial charge in [0.15, 0.2) is 0 Å². The van der Waals surface area contributed by atoms with Crippen LogP contribution in [0.2, 0.25) is 0 Å². The zero-order chi connectivity index (χ0) is 11.3. The number of hydrogen-bond donors (Lipinski definition) is 2. The lowest BCUT2D eigenvalue weighted by molar-refractivity contribution is -0.137. The van der Waals surface area contributed by atoms with Crippen LogP contribution in [0.15, 0.2) is 16.5 Å². The van der Waals surface area contributed by atoms with E-state index < -0.39 is 12.0 Å². The van der Waals surface area contributed by atoms with Gasteiger partial charge in [-0.25, -0.2) is 0 Å². The van der Waals surface area contributed by atoms with E-state index in [2.05, 4.69) is 5.32 Å². The van der Waals surface area contributed by atoms with Crippen molar-refractivity contribution in [3.05, 3.63) is 23.7 Å². The van der Waals surface area contributed by atoms with Crippen molar-refractivity contribution < 1.29 is 19.1 Å². The molecule has 1 rings (SSSR count). The number of carbonyl (C=O) groups excluding carboxylic acids is 1. The normalized spacial score (nSPS) is 12.1. The van der Waals surface area contributed by atoms with Crippen LogP contribution in [0.5, 0.6) is 0 Å². The number of carboxylic acids is 1. The molecule has 1 amide bonds. The summed E-state index contributed by atoms with van der Waals surface area (Å²) in [6.45, 7) is 1.93. The molecule has 0 bridgehead atoms. The first-order valence-corrected chi connectivity index (χ1v) is 4.67. The molecule has 1 heterocycles. The maximum Gasteiger partial charge on any atom is 0.305 e. The Bertz CT molecular complexity index is 345. The molecule has 0 unspecified atom stereocenters. The molecule has 0 saturated carbocycles. The molecular weight excluding hydrogens is 198 g/mol. The predicted octanol–water partition coefficient (Wildman–Crippen LogP) is 1.10. The highest BCUT2D eigenvalue weighted by Crippen LogP contribution is 2.19. The van der Waals surface area contributed by atoms with Crippen LogP contribution >= 0.6 is 0 Å². The van der Waals surface area contributed by atoms with Crippen LogP contribution in [0.4, 0.5) is 0 Å². The number of rotatable bonds is 6. The molecule has 15 heavy (non-hydrogen) atoms. The van der Waals surface area contributed by atoms with Gasteiger partial charge in [-0.1, -0.05) is 6.92 Å². The molecule has 0 spiro atoms. The lowest BCUT2D eigenvalue weighted by atomic mass is 10.1. The molecule has 0 fully saturated rings. The number of amides is 1. The minimum atomic E-state index is -0.983. The summed E-state index contributed by atoms with van der Waals surface area (Å²) >= 11 is 0. The Balaban J connectivity index is 2.77. The summed E-state index contributed by atoms with van der Waals surface area (Å²) in [5.41, 5.74) is 0. The van der Waals surface area contributed by atoms with Gasteiger partial charge in [0.25, 0.3) is 0 Å². The quantitative estimate of drug-likeness (QED) is 0.690. The van der Waals surface area contributed by atoms with Crippen molar-refractivity contribution in [2.45, 2.75) is 25.8 Å². The SMILES string of the molecule is CCc1ccc([C@@H](CC(=O)O)NC=O)o1. The summed E-state index contributed by atoms with van der Waals surface area (Å²) in [6, 6.07) is 2.86. The monoisotopic (exact) mass is 211 g/mol. The number of carboxylic acid groups (broad SMARTS) is 1. The second-order valence-corrected chi connectivity index (χ2v) is 3.09. The van der Waals surface area contributed by atoms with Crippen LogP contribution < -0.4 is 5.32 Å². The van der Waals surface area contributed by atoms with Gasteiger partial charge in [0.1, 0.15) is 11.5 Å². The van der Waals surface area contributed by atoms with Crippen molar-refractivity contribution in [2.24, 2.45) is 0 Å². The van der Waals surface area contributed by atoms with Crippen molar-refractivity contribution >= 4 is 12.4 Å². The number of aryl methyl sites for hydroxylation is 1. The maximum atomic E-state index is 10.5. The summed E-state index contributed by atoms with van der Waals surface area (Å²) in [5, 5.41) is 11.1. The van der Waals surface area contributed by atoms with Crippen LogP contribution in [0.3, 0.4) is 0 Å². The summed E-state index contributed by atoms with van der Waals surface area (Å²) in [6.07, 6.45) is 1.03. The molecule has 0 aliphatic rings. The highest BCUT2D eigenvalue weighted by Gasteiger charge is 2.17. The summed E-state index contributed by atoms with van der Waals surface area (Å²) in [7, 11) is 0. The van der Waals surface area contributed by atoms with E-state index in [1.165, 1.54) is 0 Å². The van der Waals surface area contributed by atoms with Crippen LogP contribution in [-0.2, 0) is 16.0 Å². The van der Waals surface area contributed by atoms with Crippen LogP contribution in [0.1, 0.15) is 30.9 Å². The smallest absolute Gasteiger partial charge is 0.305 e. The number of nitrogens with one attached hydrogen (secondary N) is 1. The minimum Gasteiger partial charge on any atom is -0.481 e. The summed E-state index contributed by atoms with van der Waals surface area (Å²) < 4.78 is 5.36. The highest BCUT2D eigenvalue weighted by molar-refractivity contribution is 5.68. The van der Waals surface area contributed by atoms with Gasteiger partial charge in [0.2, 0.25) is 6.41 Å². The van der Waals surface area contributed by atoms with E-state index in [0.717, 1.165) is 12.2 Å². The second kappa shape index (κ2) is 5.19. The molecule has 5 nitrogen and oxygen atoms in total. The number of hydrogen-bond acceptors (Lipinski definition) is 3. The molecule has 1 aromatic rings. The van der Waals surface area contributed by atoms with Gasteiger partial charge in [-0.15, -0.1) is 0 Å². The van der Waals surface area contributed by atoms with E-state index in [-0.39, 0.29) is 6.42 Å². The largest absolute Gasteiger partial charge is 0.481 e. The van der Waals surface area contributed by atoms with Crippen LogP contribution in [-0.4, -0.2) is 17.5 Å². The lowest BCUT2D eigenvalue weighted by Crippen LogP contribution is -2.21. The van der Waals surface area contributed by atoms with Gasteiger partial charge in [0, 0.05) is 6.42 Å². The van der Waals surface area contributed by atoms with E-state index in [0.29, 0.717) is 12.2 Å². The van der Waals surface area contributed by atoms with E-state index >= 15 is 0 Å². The Morgan fingerprint density at radius 2 is 2.40 bits per heavy atom. The first kappa shape index (κ1) is 11.3. The number of aliphatic carboxylic acids is 1. The molecule has 1 aromatic heterocycles. The van der Waals surface area contributed by atoms with Crippen molar-refractivity contribution in [3.8, 4) is 0 Å². The van der Waals surface area contributed by atoms with E-state index in [1.807, 2.05) is 6.92 Å². The fraction of sp³-hybridized carbons (Fsp3) is 0.400.